The van der Waals surface area contributed by atoms with Gasteiger partial charge in [0.1, 0.15) is 0 Å². The Morgan fingerprint density at radius 1 is 1.25 bits per heavy atom. The van der Waals surface area contributed by atoms with Crippen molar-refractivity contribution in [3.05, 3.63) is 30.3 Å². The number of nitrogens with zero attached hydrogens (tertiary/aromatic N) is 1. The summed E-state index contributed by atoms with van der Waals surface area (Å²) >= 11 is 0. The van der Waals surface area contributed by atoms with Crippen molar-refractivity contribution in [2.45, 2.75) is 18.8 Å². The fraction of sp³-hybridized carbons (Fsp3) is 0.333. The topological polar surface area (TPSA) is 58.6 Å². The second-order valence-corrected chi connectivity index (χ2v) is 4.02. The molecular formula is C12H11F3N2O3. The zero-order valence-corrected chi connectivity index (χ0v) is 10.4. The number of alkyl halides is 3. The number of nitrogens with one attached hydrogen (secondary N) is 1. The molecule has 1 atom stereocenters. The molecule has 1 aromatic rings. The molecule has 0 aliphatic carbocycles. The first-order valence-corrected chi connectivity index (χ1v) is 5.76. The molecule has 0 spiro atoms. The van der Waals surface area contributed by atoms with Crippen LogP contribution in [0.2, 0.25) is 0 Å². The van der Waals surface area contributed by atoms with Crippen LogP contribution in [0.5, 0.6) is 0 Å². The Balaban J connectivity index is 2.46. The molecule has 2 rings (SSSR count). The van der Waals surface area contributed by atoms with E-state index >= 15 is 0 Å². The van der Waals surface area contributed by atoms with Crippen LogP contribution in [0.25, 0.3) is 0 Å². The average Bonchev–Trinajstić information content (AvgIpc) is 2.63. The van der Waals surface area contributed by atoms with Crippen molar-refractivity contribution in [1.82, 2.24) is 5.32 Å². The second kappa shape index (κ2) is 4.78. The van der Waals surface area contributed by atoms with Gasteiger partial charge in [-0.3, -0.25) is 10.1 Å². The maximum Gasteiger partial charge on any atom is 0.446 e. The number of carbonyl (C=O) groups excluding carboxylic acids is 2. The maximum atomic E-state index is 13.1. The Bertz CT molecular complexity index is 532. The minimum absolute atomic E-state index is 0.0424. The number of rotatable bonds is 3. The monoisotopic (exact) mass is 288 g/mol. The van der Waals surface area contributed by atoms with Crippen LogP contribution >= 0.6 is 0 Å². The van der Waals surface area contributed by atoms with Gasteiger partial charge in [-0.25, -0.2) is 9.69 Å². The molecule has 1 fully saturated rings. The van der Waals surface area contributed by atoms with Gasteiger partial charge in [0.15, 0.2) is 0 Å². The minimum Gasteiger partial charge on any atom is -0.340 e. The van der Waals surface area contributed by atoms with Gasteiger partial charge in [-0.2, -0.15) is 13.2 Å². The lowest BCUT2D eigenvalue weighted by Crippen LogP contribution is -2.60. The number of hydrogen-bond acceptors (Lipinski definition) is 3. The number of ether oxygens (including phenoxy) is 1. The smallest absolute Gasteiger partial charge is 0.340 e. The van der Waals surface area contributed by atoms with Gasteiger partial charge < -0.3 is 4.74 Å². The highest BCUT2D eigenvalue weighted by atomic mass is 19.4. The molecule has 0 aromatic heterocycles. The lowest BCUT2D eigenvalue weighted by atomic mass is 10.2. The highest BCUT2D eigenvalue weighted by molar-refractivity contribution is 6.23. The molecule has 1 unspecified atom stereocenters. The predicted molar refractivity (Wildman–Crippen MR) is 62.9 cm³/mol. The van der Waals surface area contributed by atoms with Crippen LogP contribution in [0.1, 0.15) is 6.92 Å². The summed E-state index contributed by atoms with van der Waals surface area (Å²) in [5.74, 6) is -1.50. The van der Waals surface area contributed by atoms with E-state index in [1.54, 1.807) is 11.4 Å². The molecule has 1 heterocycles. The van der Waals surface area contributed by atoms with E-state index in [4.69, 9.17) is 0 Å². The summed E-state index contributed by atoms with van der Waals surface area (Å²) in [6, 6.07) is 6.16. The van der Waals surface area contributed by atoms with Crippen molar-refractivity contribution >= 4 is 17.6 Å². The van der Waals surface area contributed by atoms with Crippen molar-refractivity contribution in [2.75, 3.05) is 11.5 Å². The summed E-state index contributed by atoms with van der Waals surface area (Å²) in [5, 5.41) is 1.60. The number of halogens is 3. The molecule has 1 N–H and O–H groups in total. The van der Waals surface area contributed by atoms with Gasteiger partial charge in [0, 0.05) is 6.61 Å². The second-order valence-electron chi connectivity index (χ2n) is 4.02. The Labute approximate surface area is 112 Å². The normalized spacial score (nSPS) is 23.1. The van der Waals surface area contributed by atoms with Crippen LogP contribution in [-0.2, 0) is 9.53 Å². The minimum atomic E-state index is -5.06. The number of amides is 3. The fourth-order valence-corrected chi connectivity index (χ4v) is 1.91. The first kappa shape index (κ1) is 14.3. The van der Waals surface area contributed by atoms with E-state index in [-0.39, 0.29) is 12.3 Å². The van der Waals surface area contributed by atoms with Gasteiger partial charge in [0.25, 0.3) is 5.91 Å². The van der Waals surface area contributed by atoms with Crippen molar-refractivity contribution < 1.29 is 27.5 Å². The van der Waals surface area contributed by atoms with E-state index in [9.17, 15) is 22.8 Å². The molecule has 108 valence electrons. The quantitative estimate of drug-likeness (QED) is 0.866. The molecule has 0 bridgehead atoms. The van der Waals surface area contributed by atoms with Crippen LogP contribution in [0.15, 0.2) is 30.3 Å². The number of anilines is 1. The summed E-state index contributed by atoms with van der Waals surface area (Å²) in [7, 11) is 0. The first-order valence-electron chi connectivity index (χ1n) is 5.76. The van der Waals surface area contributed by atoms with Crippen molar-refractivity contribution in [3.63, 3.8) is 0 Å². The lowest BCUT2D eigenvalue weighted by molar-refractivity contribution is -0.267. The highest BCUT2D eigenvalue weighted by Gasteiger charge is 2.69. The molecule has 1 saturated heterocycles. The third-order valence-electron chi connectivity index (χ3n) is 2.76. The molecule has 20 heavy (non-hydrogen) atoms. The number of urea groups is 1. The maximum absolute atomic E-state index is 13.1. The molecule has 5 nitrogen and oxygen atoms in total. The van der Waals surface area contributed by atoms with Gasteiger partial charge in [0.05, 0.1) is 5.69 Å². The number of hydrogen-bond donors (Lipinski definition) is 1. The number of carbonyl (C=O) groups is 2. The Hall–Kier alpha value is -2.09. The van der Waals surface area contributed by atoms with Gasteiger partial charge in [-0.1, -0.05) is 18.2 Å². The van der Waals surface area contributed by atoms with Gasteiger partial charge in [0.2, 0.25) is 0 Å². The van der Waals surface area contributed by atoms with E-state index < -0.39 is 23.8 Å². The Morgan fingerprint density at radius 3 is 2.35 bits per heavy atom. The summed E-state index contributed by atoms with van der Waals surface area (Å²) < 4.78 is 43.9. The third-order valence-corrected chi connectivity index (χ3v) is 2.76. The largest absolute Gasteiger partial charge is 0.446 e. The number of para-hydroxylation sites is 1. The summed E-state index contributed by atoms with van der Waals surface area (Å²) in [6.07, 6.45) is -5.06. The van der Waals surface area contributed by atoms with E-state index in [1.807, 2.05) is 0 Å². The van der Waals surface area contributed by atoms with Crippen molar-refractivity contribution in [1.29, 1.82) is 0 Å². The predicted octanol–water partition coefficient (Wildman–Crippen LogP) is 2.04. The van der Waals surface area contributed by atoms with E-state index in [1.165, 1.54) is 31.2 Å². The SMILES string of the molecule is CCOC1(C(F)(F)F)NC(=O)N(c2ccccc2)C1=O. The van der Waals surface area contributed by atoms with Crippen LogP contribution < -0.4 is 10.2 Å². The van der Waals surface area contributed by atoms with Crippen LogP contribution in [0.4, 0.5) is 23.7 Å². The summed E-state index contributed by atoms with van der Waals surface area (Å²) in [6.45, 7) is 0.923. The van der Waals surface area contributed by atoms with Crippen LogP contribution in [0, 0.1) is 0 Å². The molecule has 3 amide bonds. The Kier molecular flexibility index (Phi) is 3.43. The van der Waals surface area contributed by atoms with Crippen molar-refractivity contribution in [2.24, 2.45) is 0 Å². The Morgan fingerprint density at radius 2 is 1.85 bits per heavy atom. The van der Waals surface area contributed by atoms with E-state index in [0.29, 0.717) is 4.90 Å². The fourth-order valence-electron chi connectivity index (χ4n) is 1.91. The summed E-state index contributed by atoms with van der Waals surface area (Å²) in [4.78, 5) is 24.2. The summed E-state index contributed by atoms with van der Waals surface area (Å²) in [5.41, 5.74) is -3.28. The molecule has 1 aliphatic rings. The van der Waals surface area contributed by atoms with Crippen LogP contribution in [0.3, 0.4) is 0 Å². The first-order chi connectivity index (χ1) is 9.33. The zero-order valence-electron chi connectivity index (χ0n) is 10.4. The number of imide groups is 1. The van der Waals surface area contributed by atoms with Crippen LogP contribution in [-0.4, -0.2) is 30.4 Å². The van der Waals surface area contributed by atoms with Gasteiger partial charge >= 0.3 is 17.9 Å². The molecule has 1 aromatic carbocycles. The lowest BCUT2D eigenvalue weighted by Gasteiger charge is -2.28. The van der Waals surface area contributed by atoms with Crippen molar-refractivity contribution in [3.8, 4) is 0 Å². The standard InChI is InChI=1S/C12H11F3N2O3/c1-2-20-11(12(13,14)15)9(18)17(10(19)16-11)8-6-4-3-5-7-8/h3-7H,2H2,1H3,(H,16,19). The van der Waals surface area contributed by atoms with Gasteiger partial charge in [-0.15, -0.1) is 0 Å². The molecule has 0 saturated carbocycles. The third kappa shape index (κ3) is 2.01. The van der Waals surface area contributed by atoms with E-state index in [0.717, 1.165) is 0 Å². The molecule has 1 aliphatic heterocycles. The molecule has 8 heteroatoms. The highest BCUT2D eigenvalue weighted by Crippen LogP contribution is 2.38. The van der Waals surface area contributed by atoms with E-state index in [2.05, 4.69) is 4.74 Å². The molecule has 0 radical (unpaired) electrons. The molecular weight excluding hydrogens is 277 g/mol. The zero-order chi connectivity index (χ0) is 15.0. The average molecular weight is 288 g/mol. The number of benzene rings is 1. The van der Waals surface area contributed by atoms with Gasteiger partial charge in [-0.05, 0) is 19.1 Å².